The van der Waals surface area contributed by atoms with Crippen molar-refractivity contribution in [3.8, 4) is 11.8 Å². The lowest BCUT2D eigenvalue weighted by molar-refractivity contribution is 0.379. The third-order valence-electron chi connectivity index (χ3n) is 7.65. The van der Waals surface area contributed by atoms with E-state index in [-0.39, 0.29) is 45.0 Å². The van der Waals surface area contributed by atoms with Gasteiger partial charge in [0.1, 0.15) is 11.5 Å². The zero-order chi connectivity index (χ0) is 31.5. The number of benzene rings is 3. The Morgan fingerprint density at radius 1 is 0.932 bits per heavy atom. The highest BCUT2D eigenvalue weighted by Crippen LogP contribution is 2.48. The fraction of sp³-hybridized carbons (Fsp3) is 0.250. The number of sulfonamides is 2. The standard InChI is InChI=1S/C32H31N3O7S2/c1-2-22(20-34-43(38,39)26-9-4-3-5-10-26)29-18-28(36)31(32(37)42-29)30(23-13-14-23)24-7-6-8-25(17-24)35-44(40,41)27-15-11-21(19-33)12-16-27/h3-12,15-18,22-23,30,34-36H,2,13-14,20H2,1H3. The van der Waals surface area contributed by atoms with Crippen LogP contribution in [0.25, 0.3) is 0 Å². The Balaban J connectivity index is 1.40. The number of rotatable bonds is 12. The van der Waals surface area contributed by atoms with Crippen LogP contribution in [0.5, 0.6) is 5.75 Å². The van der Waals surface area contributed by atoms with Crippen molar-refractivity contribution in [2.45, 2.75) is 47.8 Å². The molecule has 2 atom stereocenters. The van der Waals surface area contributed by atoms with Crippen LogP contribution in [0.15, 0.2) is 104 Å². The molecule has 1 saturated carbocycles. The van der Waals surface area contributed by atoms with Crippen molar-refractivity contribution in [1.29, 1.82) is 5.26 Å². The summed E-state index contributed by atoms with van der Waals surface area (Å²) in [5.74, 6) is -1.12. The lowest BCUT2D eigenvalue weighted by Gasteiger charge is -2.20. The first-order valence-electron chi connectivity index (χ1n) is 14.1. The largest absolute Gasteiger partial charge is 0.507 e. The normalized spacial score (nSPS) is 14.8. The average Bonchev–Trinajstić information content (AvgIpc) is 3.85. The van der Waals surface area contributed by atoms with Crippen LogP contribution in [0, 0.1) is 17.2 Å². The number of nitriles is 1. The highest BCUT2D eigenvalue weighted by atomic mass is 32.2. The van der Waals surface area contributed by atoms with Gasteiger partial charge in [-0.1, -0.05) is 37.3 Å². The summed E-state index contributed by atoms with van der Waals surface area (Å²) in [5.41, 5.74) is 0.579. The highest BCUT2D eigenvalue weighted by Gasteiger charge is 2.38. The van der Waals surface area contributed by atoms with Crippen LogP contribution in [0.3, 0.4) is 0 Å². The van der Waals surface area contributed by atoms with E-state index >= 15 is 0 Å². The van der Waals surface area contributed by atoms with Crippen LogP contribution >= 0.6 is 0 Å². The summed E-state index contributed by atoms with van der Waals surface area (Å²) in [6, 6.07) is 23.4. The van der Waals surface area contributed by atoms with Crippen LogP contribution in [0.2, 0.25) is 0 Å². The molecule has 1 aliphatic rings. The molecule has 3 aromatic carbocycles. The first-order chi connectivity index (χ1) is 21.0. The molecule has 0 saturated heterocycles. The monoisotopic (exact) mass is 633 g/mol. The summed E-state index contributed by atoms with van der Waals surface area (Å²) in [5, 5.41) is 20.1. The molecule has 1 aliphatic carbocycles. The van der Waals surface area contributed by atoms with Crippen molar-refractivity contribution in [2.24, 2.45) is 5.92 Å². The molecule has 12 heteroatoms. The maximum atomic E-state index is 13.4. The minimum Gasteiger partial charge on any atom is -0.507 e. The van der Waals surface area contributed by atoms with Gasteiger partial charge in [-0.05, 0) is 79.3 Å². The van der Waals surface area contributed by atoms with Gasteiger partial charge in [-0.25, -0.2) is 26.4 Å². The van der Waals surface area contributed by atoms with Gasteiger partial charge < -0.3 is 9.52 Å². The number of hydrogen-bond acceptors (Lipinski definition) is 8. The molecular formula is C32H31N3O7S2. The van der Waals surface area contributed by atoms with E-state index in [0.29, 0.717) is 17.5 Å². The third kappa shape index (κ3) is 6.86. The van der Waals surface area contributed by atoms with E-state index in [2.05, 4.69) is 9.44 Å². The molecule has 1 aromatic heterocycles. The van der Waals surface area contributed by atoms with Crippen LogP contribution < -0.4 is 15.1 Å². The zero-order valence-corrected chi connectivity index (χ0v) is 25.4. The summed E-state index contributed by atoms with van der Waals surface area (Å²) < 4.78 is 62.2. The van der Waals surface area contributed by atoms with Gasteiger partial charge >= 0.3 is 5.63 Å². The minimum absolute atomic E-state index is 0.00828. The Hall–Kier alpha value is -4.44. The van der Waals surface area contributed by atoms with Crippen molar-refractivity contribution < 1.29 is 26.4 Å². The first-order valence-corrected chi connectivity index (χ1v) is 17.0. The number of aromatic hydroxyl groups is 1. The molecule has 10 nitrogen and oxygen atoms in total. The van der Waals surface area contributed by atoms with Crippen LogP contribution in [0.4, 0.5) is 5.69 Å². The van der Waals surface area contributed by atoms with Gasteiger partial charge in [0, 0.05) is 30.1 Å². The van der Waals surface area contributed by atoms with Gasteiger partial charge in [0.15, 0.2) is 0 Å². The van der Waals surface area contributed by atoms with E-state index in [1.54, 1.807) is 42.5 Å². The van der Waals surface area contributed by atoms with E-state index in [1.807, 2.05) is 13.0 Å². The molecule has 5 rings (SSSR count). The van der Waals surface area contributed by atoms with Gasteiger partial charge in [0.25, 0.3) is 10.0 Å². The average molecular weight is 634 g/mol. The fourth-order valence-electron chi connectivity index (χ4n) is 5.16. The second-order valence-corrected chi connectivity index (χ2v) is 14.1. The molecule has 0 radical (unpaired) electrons. The SMILES string of the molecule is CCC(CNS(=O)(=O)c1ccccc1)c1cc(O)c(C(c2cccc(NS(=O)(=O)c3ccc(C#N)cc3)c2)C2CC2)c(=O)o1. The summed E-state index contributed by atoms with van der Waals surface area (Å²) >= 11 is 0. The van der Waals surface area contributed by atoms with Crippen molar-refractivity contribution in [2.75, 3.05) is 11.3 Å². The molecule has 0 amide bonds. The predicted molar refractivity (Wildman–Crippen MR) is 164 cm³/mol. The Morgan fingerprint density at radius 2 is 1.61 bits per heavy atom. The molecule has 44 heavy (non-hydrogen) atoms. The lowest BCUT2D eigenvalue weighted by Crippen LogP contribution is -2.29. The summed E-state index contributed by atoms with van der Waals surface area (Å²) in [7, 11) is -7.74. The van der Waals surface area contributed by atoms with E-state index < -0.39 is 37.5 Å². The zero-order valence-electron chi connectivity index (χ0n) is 23.8. The number of anilines is 1. The molecule has 3 N–H and O–H groups in total. The van der Waals surface area contributed by atoms with Crippen LogP contribution in [-0.2, 0) is 20.0 Å². The maximum Gasteiger partial charge on any atom is 0.343 e. The molecule has 2 unspecified atom stereocenters. The first kappa shape index (κ1) is 31.0. The van der Waals surface area contributed by atoms with Gasteiger partial charge in [0.05, 0.1) is 27.0 Å². The molecule has 0 aliphatic heterocycles. The van der Waals surface area contributed by atoms with Crippen molar-refractivity contribution in [3.63, 3.8) is 0 Å². The van der Waals surface area contributed by atoms with Gasteiger partial charge in [-0.3, -0.25) is 4.72 Å². The third-order valence-corrected chi connectivity index (χ3v) is 10.5. The fourth-order valence-corrected chi connectivity index (χ4v) is 7.31. The highest BCUT2D eigenvalue weighted by molar-refractivity contribution is 7.92. The second kappa shape index (κ2) is 12.7. The number of nitrogens with one attached hydrogen (secondary N) is 2. The van der Waals surface area contributed by atoms with Crippen molar-refractivity contribution >= 4 is 25.7 Å². The van der Waals surface area contributed by atoms with Gasteiger partial charge in [-0.15, -0.1) is 0 Å². The summed E-state index contributed by atoms with van der Waals surface area (Å²) in [6.45, 7) is 1.78. The Kier molecular flexibility index (Phi) is 8.92. The molecule has 4 aromatic rings. The summed E-state index contributed by atoms with van der Waals surface area (Å²) in [4.78, 5) is 13.5. The Labute approximate surface area is 256 Å². The molecule has 0 bridgehead atoms. The van der Waals surface area contributed by atoms with Crippen molar-refractivity contribution in [3.05, 3.63) is 118 Å². The summed E-state index contributed by atoms with van der Waals surface area (Å²) in [6.07, 6.45) is 2.06. The predicted octanol–water partition coefficient (Wildman–Crippen LogP) is 5.03. The maximum absolute atomic E-state index is 13.4. The minimum atomic E-state index is -3.96. The van der Waals surface area contributed by atoms with Crippen molar-refractivity contribution in [1.82, 2.24) is 4.72 Å². The topological polar surface area (TPSA) is 167 Å². The Morgan fingerprint density at radius 3 is 2.23 bits per heavy atom. The van der Waals surface area contributed by atoms with E-state index in [0.717, 1.165) is 12.8 Å². The second-order valence-electron chi connectivity index (χ2n) is 10.7. The van der Waals surface area contributed by atoms with Gasteiger partial charge in [0.2, 0.25) is 10.0 Å². The van der Waals surface area contributed by atoms with Gasteiger partial charge in [-0.2, -0.15) is 5.26 Å². The van der Waals surface area contributed by atoms with E-state index in [4.69, 9.17) is 9.68 Å². The molecule has 1 heterocycles. The quantitative estimate of drug-likeness (QED) is 0.195. The Bertz CT molecular complexity index is 1960. The molecular weight excluding hydrogens is 603 g/mol. The lowest BCUT2D eigenvalue weighted by atomic mass is 9.87. The van der Waals surface area contributed by atoms with E-state index in [1.165, 1.54) is 42.5 Å². The molecule has 228 valence electrons. The molecule has 1 fully saturated rings. The van der Waals surface area contributed by atoms with Crippen LogP contribution in [-0.4, -0.2) is 28.5 Å². The van der Waals surface area contributed by atoms with Crippen LogP contribution in [0.1, 0.15) is 60.5 Å². The van der Waals surface area contributed by atoms with E-state index in [9.17, 15) is 26.7 Å². The number of nitrogens with zero attached hydrogens (tertiary/aromatic N) is 1. The number of hydrogen-bond donors (Lipinski definition) is 3. The smallest absolute Gasteiger partial charge is 0.343 e. The molecule has 0 spiro atoms.